The van der Waals surface area contributed by atoms with Gasteiger partial charge in [0.2, 0.25) is 0 Å². The molecule has 0 radical (unpaired) electrons. The molecule has 1 aromatic heterocycles. The Labute approximate surface area is 106 Å². The topological polar surface area (TPSA) is 80.0 Å². The zero-order valence-electron chi connectivity index (χ0n) is 10.8. The van der Waals surface area contributed by atoms with Gasteiger partial charge in [-0.3, -0.25) is 10.1 Å². The fraction of sp³-hybridized carbons (Fsp3) is 0.750. The number of nitrogens with one attached hydrogen (secondary N) is 1. The molecule has 2 rings (SSSR count). The van der Waals surface area contributed by atoms with Crippen LogP contribution in [-0.4, -0.2) is 37.4 Å². The lowest BCUT2D eigenvalue weighted by atomic mass is 9.78. The molecule has 1 heterocycles. The van der Waals surface area contributed by atoms with Crippen molar-refractivity contribution in [1.82, 2.24) is 20.1 Å². The van der Waals surface area contributed by atoms with Crippen LogP contribution in [0.2, 0.25) is 0 Å². The first-order chi connectivity index (χ1) is 8.53. The van der Waals surface area contributed by atoms with Crippen molar-refractivity contribution < 1.29 is 9.90 Å². The second kappa shape index (κ2) is 5.06. The van der Waals surface area contributed by atoms with Gasteiger partial charge in [-0.25, -0.2) is 9.67 Å². The summed E-state index contributed by atoms with van der Waals surface area (Å²) in [7, 11) is 0. The Morgan fingerprint density at radius 3 is 2.94 bits per heavy atom. The molecule has 0 saturated heterocycles. The first-order valence-corrected chi connectivity index (χ1v) is 6.39. The van der Waals surface area contributed by atoms with Crippen LogP contribution < -0.4 is 5.32 Å². The summed E-state index contributed by atoms with van der Waals surface area (Å²) in [6.45, 7) is 3.95. The largest absolute Gasteiger partial charge is 0.480 e. The molecule has 6 heteroatoms. The number of nitrogens with zero attached hydrogens (tertiary/aromatic N) is 3. The van der Waals surface area contributed by atoms with Crippen molar-refractivity contribution in [2.24, 2.45) is 0 Å². The second-order valence-corrected chi connectivity index (χ2v) is 5.31. The standard InChI is InChI=1S/C12H20N4O2/c1-9(2)15-12(11(17)18)5-3-4-10(6-12)16-8-13-7-14-16/h7-10,15H,3-6H2,1-2H3,(H,17,18). The van der Waals surface area contributed by atoms with E-state index < -0.39 is 11.5 Å². The molecule has 1 fully saturated rings. The Balaban J connectivity index is 2.18. The van der Waals surface area contributed by atoms with Gasteiger partial charge in [-0.05, 0) is 39.5 Å². The van der Waals surface area contributed by atoms with Gasteiger partial charge in [-0.2, -0.15) is 5.10 Å². The Kier molecular flexibility index (Phi) is 3.65. The van der Waals surface area contributed by atoms with Crippen LogP contribution >= 0.6 is 0 Å². The molecule has 0 aromatic carbocycles. The molecule has 2 N–H and O–H groups in total. The van der Waals surface area contributed by atoms with Crippen molar-refractivity contribution in [3.63, 3.8) is 0 Å². The summed E-state index contributed by atoms with van der Waals surface area (Å²) in [4.78, 5) is 15.6. The van der Waals surface area contributed by atoms with E-state index in [2.05, 4.69) is 15.4 Å². The van der Waals surface area contributed by atoms with Gasteiger partial charge in [0.05, 0.1) is 6.04 Å². The Morgan fingerprint density at radius 2 is 2.39 bits per heavy atom. The third-order valence-electron chi connectivity index (χ3n) is 3.51. The SMILES string of the molecule is CC(C)NC1(C(=O)O)CCCC(n2cncn2)C1. The van der Waals surface area contributed by atoms with Crippen molar-refractivity contribution in [2.75, 3.05) is 0 Å². The first-order valence-electron chi connectivity index (χ1n) is 6.39. The highest BCUT2D eigenvalue weighted by atomic mass is 16.4. The average molecular weight is 252 g/mol. The Hall–Kier alpha value is -1.43. The van der Waals surface area contributed by atoms with E-state index in [-0.39, 0.29) is 12.1 Å². The molecule has 1 aliphatic carbocycles. The van der Waals surface area contributed by atoms with Gasteiger partial charge in [0.25, 0.3) is 0 Å². The lowest BCUT2D eigenvalue weighted by Crippen LogP contribution is -2.57. The van der Waals surface area contributed by atoms with Crippen molar-refractivity contribution in [3.8, 4) is 0 Å². The van der Waals surface area contributed by atoms with E-state index in [0.717, 1.165) is 12.8 Å². The van der Waals surface area contributed by atoms with E-state index in [0.29, 0.717) is 12.8 Å². The van der Waals surface area contributed by atoms with E-state index in [1.165, 1.54) is 6.33 Å². The summed E-state index contributed by atoms with van der Waals surface area (Å²) in [5.41, 5.74) is -0.830. The van der Waals surface area contributed by atoms with Crippen LogP contribution in [0.15, 0.2) is 12.7 Å². The van der Waals surface area contributed by atoms with Gasteiger partial charge in [0.15, 0.2) is 0 Å². The highest BCUT2D eigenvalue weighted by Gasteiger charge is 2.43. The second-order valence-electron chi connectivity index (χ2n) is 5.31. The maximum Gasteiger partial charge on any atom is 0.323 e. The predicted octanol–water partition coefficient (Wildman–Crippen LogP) is 1.21. The lowest BCUT2D eigenvalue weighted by molar-refractivity contribution is -0.147. The molecule has 6 nitrogen and oxygen atoms in total. The molecule has 100 valence electrons. The van der Waals surface area contributed by atoms with Gasteiger partial charge in [-0.1, -0.05) is 0 Å². The third-order valence-corrected chi connectivity index (χ3v) is 3.51. The lowest BCUT2D eigenvalue weighted by Gasteiger charge is -2.39. The van der Waals surface area contributed by atoms with Crippen LogP contribution in [0.3, 0.4) is 0 Å². The number of carboxylic acid groups (broad SMARTS) is 1. The van der Waals surface area contributed by atoms with E-state index >= 15 is 0 Å². The van der Waals surface area contributed by atoms with Gasteiger partial charge >= 0.3 is 5.97 Å². The van der Waals surface area contributed by atoms with Gasteiger partial charge in [0.1, 0.15) is 18.2 Å². The summed E-state index contributed by atoms with van der Waals surface area (Å²) < 4.78 is 1.78. The maximum atomic E-state index is 11.6. The Bertz CT molecular complexity index is 404. The highest BCUT2D eigenvalue weighted by Crippen LogP contribution is 2.35. The van der Waals surface area contributed by atoms with Crippen molar-refractivity contribution in [2.45, 2.75) is 57.2 Å². The molecule has 0 bridgehead atoms. The van der Waals surface area contributed by atoms with Gasteiger partial charge in [0, 0.05) is 6.04 Å². The zero-order valence-corrected chi connectivity index (χ0v) is 10.8. The summed E-state index contributed by atoms with van der Waals surface area (Å²) >= 11 is 0. The summed E-state index contributed by atoms with van der Waals surface area (Å²) in [6, 6.07) is 0.263. The zero-order chi connectivity index (χ0) is 13.2. The number of aliphatic carboxylic acids is 1. The van der Waals surface area contributed by atoms with Crippen LogP contribution in [0, 0.1) is 0 Å². The molecule has 0 aliphatic heterocycles. The minimum atomic E-state index is -0.830. The van der Waals surface area contributed by atoms with E-state index in [1.54, 1.807) is 11.0 Å². The van der Waals surface area contributed by atoms with Crippen LogP contribution in [0.5, 0.6) is 0 Å². The van der Waals surface area contributed by atoms with E-state index in [1.807, 2.05) is 13.8 Å². The smallest absolute Gasteiger partial charge is 0.323 e. The monoisotopic (exact) mass is 252 g/mol. The number of carboxylic acids is 1. The van der Waals surface area contributed by atoms with Gasteiger partial charge < -0.3 is 5.11 Å². The minimum Gasteiger partial charge on any atom is -0.480 e. The quantitative estimate of drug-likeness (QED) is 0.842. The fourth-order valence-electron chi connectivity index (χ4n) is 2.82. The Morgan fingerprint density at radius 1 is 1.61 bits per heavy atom. The number of hydrogen-bond donors (Lipinski definition) is 2. The first kappa shape index (κ1) is 13.0. The summed E-state index contributed by atoms with van der Waals surface area (Å²) in [6.07, 6.45) is 6.23. The van der Waals surface area contributed by atoms with Gasteiger partial charge in [-0.15, -0.1) is 0 Å². The summed E-state index contributed by atoms with van der Waals surface area (Å²) in [5, 5.41) is 16.9. The molecular weight excluding hydrogens is 232 g/mol. The number of aromatic nitrogens is 3. The van der Waals surface area contributed by atoms with Crippen LogP contribution in [0.25, 0.3) is 0 Å². The fourth-order valence-corrected chi connectivity index (χ4v) is 2.82. The molecule has 0 spiro atoms. The predicted molar refractivity (Wildman–Crippen MR) is 66.2 cm³/mol. The molecule has 18 heavy (non-hydrogen) atoms. The highest BCUT2D eigenvalue weighted by molar-refractivity contribution is 5.79. The number of rotatable bonds is 4. The summed E-state index contributed by atoms with van der Waals surface area (Å²) in [5.74, 6) is -0.763. The van der Waals surface area contributed by atoms with E-state index in [4.69, 9.17) is 0 Å². The van der Waals surface area contributed by atoms with Crippen molar-refractivity contribution >= 4 is 5.97 Å². The number of hydrogen-bond acceptors (Lipinski definition) is 4. The average Bonchev–Trinajstić information content (AvgIpc) is 2.81. The van der Waals surface area contributed by atoms with Crippen molar-refractivity contribution in [3.05, 3.63) is 12.7 Å². The normalized spacial score (nSPS) is 28.5. The van der Waals surface area contributed by atoms with Crippen molar-refractivity contribution in [1.29, 1.82) is 0 Å². The maximum absolute atomic E-state index is 11.6. The molecule has 0 amide bonds. The third kappa shape index (κ3) is 2.53. The molecule has 1 aromatic rings. The van der Waals surface area contributed by atoms with E-state index in [9.17, 15) is 9.90 Å². The minimum absolute atomic E-state index is 0.114. The van der Waals surface area contributed by atoms with Crippen LogP contribution in [-0.2, 0) is 4.79 Å². The molecule has 1 saturated carbocycles. The number of carbonyl (C=O) groups is 1. The molecule has 1 aliphatic rings. The molecule has 2 atom stereocenters. The molecular formula is C12H20N4O2. The van der Waals surface area contributed by atoms with Crippen LogP contribution in [0.1, 0.15) is 45.6 Å². The van der Waals surface area contributed by atoms with Crippen LogP contribution in [0.4, 0.5) is 0 Å². The molecule has 2 unspecified atom stereocenters.